The Morgan fingerprint density at radius 3 is 2.94 bits per heavy atom. The van der Waals surface area contributed by atoms with E-state index < -0.39 is 6.09 Å². The molecule has 0 aromatic carbocycles. The second kappa shape index (κ2) is 4.33. The van der Waals surface area contributed by atoms with Crippen LogP contribution in [0.4, 0.5) is 4.79 Å². The Hall–Kier alpha value is -2.04. The number of aromatic amines is 1. The predicted molar refractivity (Wildman–Crippen MR) is 67.7 cm³/mol. The number of likely N-dealkylation sites (tertiary alicyclic amines) is 1. The van der Waals surface area contributed by atoms with E-state index >= 15 is 0 Å². The number of piperidine rings is 1. The zero-order valence-electron chi connectivity index (χ0n) is 9.97. The van der Waals surface area contributed by atoms with Crippen molar-refractivity contribution in [2.45, 2.75) is 18.8 Å². The third-order valence-electron chi connectivity index (χ3n) is 3.72. The van der Waals surface area contributed by atoms with Crippen molar-refractivity contribution in [3.8, 4) is 0 Å². The summed E-state index contributed by atoms with van der Waals surface area (Å²) >= 11 is 0. The zero-order chi connectivity index (χ0) is 12.5. The topological polar surface area (TPSA) is 69.2 Å². The number of nitrogens with one attached hydrogen (secondary N) is 1. The number of aromatic nitrogens is 2. The van der Waals surface area contributed by atoms with Crippen molar-refractivity contribution in [2.24, 2.45) is 0 Å². The smallest absolute Gasteiger partial charge is 0.407 e. The minimum atomic E-state index is -0.811. The molecule has 0 atom stereocenters. The SMILES string of the molecule is O=C(O)N1CCC(c2c[nH]c3ccncc23)CC1. The molecule has 5 nitrogen and oxygen atoms in total. The number of carbonyl (C=O) groups is 1. The van der Waals surface area contributed by atoms with Crippen molar-refractivity contribution in [1.29, 1.82) is 0 Å². The van der Waals surface area contributed by atoms with E-state index in [9.17, 15) is 4.79 Å². The first kappa shape index (κ1) is 11.1. The van der Waals surface area contributed by atoms with Crippen molar-refractivity contribution in [3.05, 3.63) is 30.2 Å². The molecule has 0 saturated carbocycles. The van der Waals surface area contributed by atoms with Gasteiger partial charge >= 0.3 is 6.09 Å². The second-order valence-electron chi connectivity index (χ2n) is 4.71. The molecule has 0 radical (unpaired) electrons. The molecule has 3 rings (SSSR count). The quantitative estimate of drug-likeness (QED) is 0.810. The summed E-state index contributed by atoms with van der Waals surface area (Å²) in [6.07, 6.45) is 6.64. The maximum Gasteiger partial charge on any atom is 0.407 e. The Labute approximate surface area is 104 Å². The first-order chi connectivity index (χ1) is 8.75. The fraction of sp³-hybridized carbons (Fsp3) is 0.385. The monoisotopic (exact) mass is 245 g/mol. The molecular formula is C13H15N3O2. The molecule has 0 aliphatic carbocycles. The fourth-order valence-electron chi connectivity index (χ4n) is 2.70. The van der Waals surface area contributed by atoms with Crippen LogP contribution in [0.15, 0.2) is 24.7 Å². The van der Waals surface area contributed by atoms with E-state index in [2.05, 4.69) is 9.97 Å². The standard InChI is InChI=1S/C13H15N3O2/c17-13(18)16-5-2-9(3-6-16)10-8-15-12-1-4-14-7-11(10)12/h1,4,7-9,15H,2-3,5-6H2,(H,17,18). The molecule has 1 aliphatic rings. The van der Waals surface area contributed by atoms with Crippen LogP contribution in [0.3, 0.4) is 0 Å². The molecule has 1 amide bonds. The van der Waals surface area contributed by atoms with E-state index in [0.717, 1.165) is 23.7 Å². The van der Waals surface area contributed by atoms with Gasteiger partial charge in [0.15, 0.2) is 0 Å². The number of amides is 1. The highest BCUT2D eigenvalue weighted by atomic mass is 16.4. The third kappa shape index (κ3) is 1.81. The van der Waals surface area contributed by atoms with Crippen LogP contribution in [0.5, 0.6) is 0 Å². The summed E-state index contributed by atoms with van der Waals surface area (Å²) < 4.78 is 0. The zero-order valence-corrected chi connectivity index (χ0v) is 9.97. The van der Waals surface area contributed by atoms with Gasteiger partial charge in [-0.2, -0.15) is 0 Å². The van der Waals surface area contributed by atoms with Crippen LogP contribution in [0.1, 0.15) is 24.3 Å². The molecule has 0 bridgehead atoms. The molecular weight excluding hydrogens is 230 g/mol. The van der Waals surface area contributed by atoms with Crippen molar-refractivity contribution in [1.82, 2.24) is 14.9 Å². The number of fused-ring (bicyclic) bond motifs is 1. The molecule has 1 aliphatic heterocycles. The number of hydrogen-bond acceptors (Lipinski definition) is 2. The van der Waals surface area contributed by atoms with Gasteiger partial charge in [-0.1, -0.05) is 0 Å². The molecule has 18 heavy (non-hydrogen) atoms. The molecule has 1 saturated heterocycles. The summed E-state index contributed by atoms with van der Waals surface area (Å²) in [5, 5.41) is 10.1. The van der Waals surface area contributed by atoms with Gasteiger partial charge in [0.2, 0.25) is 0 Å². The number of H-pyrrole nitrogens is 1. The molecule has 0 spiro atoms. The van der Waals surface area contributed by atoms with E-state index in [1.165, 1.54) is 10.5 Å². The molecule has 0 unspecified atom stereocenters. The Bertz CT molecular complexity index is 570. The van der Waals surface area contributed by atoms with Crippen LogP contribution < -0.4 is 0 Å². The lowest BCUT2D eigenvalue weighted by molar-refractivity contribution is 0.132. The highest BCUT2D eigenvalue weighted by Gasteiger charge is 2.24. The largest absolute Gasteiger partial charge is 0.465 e. The summed E-state index contributed by atoms with van der Waals surface area (Å²) in [6, 6.07) is 1.96. The maximum atomic E-state index is 10.9. The molecule has 2 N–H and O–H groups in total. The lowest BCUT2D eigenvalue weighted by Gasteiger charge is -2.29. The summed E-state index contributed by atoms with van der Waals surface area (Å²) in [5.74, 6) is 0.429. The third-order valence-corrected chi connectivity index (χ3v) is 3.72. The number of rotatable bonds is 1. The van der Waals surface area contributed by atoms with Crippen LogP contribution in [0.25, 0.3) is 10.9 Å². The molecule has 2 aromatic heterocycles. The van der Waals surface area contributed by atoms with E-state index in [4.69, 9.17) is 5.11 Å². The summed E-state index contributed by atoms with van der Waals surface area (Å²) in [6.45, 7) is 1.24. The van der Waals surface area contributed by atoms with Gasteiger partial charge in [-0.15, -0.1) is 0 Å². The van der Waals surface area contributed by atoms with Gasteiger partial charge in [0, 0.05) is 42.6 Å². The highest BCUT2D eigenvalue weighted by molar-refractivity contribution is 5.82. The Morgan fingerprint density at radius 2 is 2.22 bits per heavy atom. The first-order valence-electron chi connectivity index (χ1n) is 6.14. The van der Waals surface area contributed by atoms with Gasteiger partial charge in [-0.25, -0.2) is 4.79 Å². The van der Waals surface area contributed by atoms with E-state index in [1.807, 2.05) is 18.5 Å². The number of hydrogen-bond donors (Lipinski definition) is 2. The Balaban J connectivity index is 1.82. The summed E-state index contributed by atoms with van der Waals surface area (Å²) in [4.78, 5) is 19.8. The minimum Gasteiger partial charge on any atom is -0.465 e. The van der Waals surface area contributed by atoms with E-state index in [0.29, 0.717) is 19.0 Å². The van der Waals surface area contributed by atoms with E-state index in [-0.39, 0.29) is 0 Å². The number of carboxylic acid groups (broad SMARTS) is 1. The van der Waals surface area contributed by atoms with Gasteiger partial charge in [0.25, 0.3) is 0 Å². The fourth-order valence-corrected chi connectivity index (χ4v) is 2.70. The average Bonchev–Trinajstić information content (AvgIpc) is 2.82. The lowest BCUT2D eigenvalue weighted by atomic mass is 9.90. The Morgan fingerprint density at radius 1 is 1.44 bits per heavy atom. The van der Waals surface area contributed by atoms with Crippen molar-refractivity contribution < 1.29 is 9.90 Å². The van der Waals surface area contributed by atoms with Crippen LogP contribution in [0.2, 0.25) is 0 Å². The van der Waals surface area contributed by atoms with Gasteiger partial charge in [0.1, 0.15) is 0 Å². The van der Waals surface area contributed by atoms with Gasteiger partial charge in [-0.05, 0) is 30.4 Å². The van der Waals surface area contributed by atoms with Crippen LogP contribution in [-0.2, 0) is 0 Å². The van der Waals surface area contributed by atoms with Crippen LogP contribution in [0, 0.1) is 0 Å². The van der Waals surface area contributed by atoms with Crippen LogP contribution in [-0.4, -0.2) is 39.2 Å². The van der Waals surface area contributed by atoms with Crippen molar-refractivity contribution >= 4 is 17.0 Å². The first-order valence-corrected chi connectivity index (χ1v) is 6.14. The molecule has 1 fully saturated rings. The second-order valence-corrected chi connectivity index (χ2v) is 4.71. The average molecular weight is 245 g/mol. The normalized spacial score (nSPS) is 17.2. The lowest BCUT2D eigenvalue weighted by Crippen LogP contribution is -2.36. The van der Waals surface area contributed by atoms with E-state index in [1.54, 1.807) is 6.20 Å². The van der Waals surface area contributed by atoms with Crippen molar-refractivity contribution in [3.63, 3.8) is 0 Å². The maximum absolute atomic E-state index is 10.9. The number of pyridine rings is 1. The molecule has 2 aromatic rings. The molecule has 3 heterocycles. The summed E-state index contributed by atoms with van der Waals surface area (Å²) in [7, 11) is 0. The van der Waals surface area contributed by atoms with Gasteiger partial charge in [-0.3, -0.25) is 4.98 Å². The van der Waals surface area contributed by atoms with Gasteiger partial charge < -0.3 is 15.0 Å². The number of nitrogens with zero attached hydrogens (tertiary/aromatic N) is 2. The van der Waals surface area contributed by atoms with Crippen LogP contribution >= 0.6 is 0 Å². The van der Waals surface area contributed by atoms with Gasteiger partial charge in [0.05, 0.1) is 0 Å². The summed E-state index contributed by atoms with van der Waals surface area (Å²) in [5.41, 5.74) is 2.36. The molecule has 94 valence electrons. The minimum absolute atomic E-state index is 0.429. The predicted octanol–water partition coefficient (Wildman–Crippen LogP) is 2.42. The highest BCUT2D eigenvalue weighted by Crippen LogP contribution is 2.32. The Kier molecular flexibility index (Phi) is 2.66. The molecule has 5 heteroatoms. The van der Waals surface area contributed by atoms with Crippen molar-refractivity contribution in [2.75, 3.05) is 13.1 Å².